The van der Waals surface area contributed by atoms with Gasteiger partial charge in [0.05, 0.1) is 28.8 Å². The highest BCUT2D eigenvalue weighted by molar-refractivity contribution is 7.11. The number of aromatic nitrogens is 1. The maximum atomic E-state index is 12.7. The second-order valence-corrected chi connectivity index (χ2v) is 5.61. The Kier molecular flexibility index (Phi) is 5.49. The molecule has 0 bridgehead atoms. The van der Waals surface area contributed by atoms with Crippen molar-refractivity contribution in [1.29, 1.82) is 0 Å². The maximum Gasteiger partial charge on any atom is 0.123 e. The number of aryl methyl sites for hydroxylation is 1. The first kappa shape index (κ1) is 14.9. The van der Waals surface area contributed by atoms with E-state index in [1.54, 1.807) is 12.1 Å². The third-order valence-electron chi connectivity index (χ3n) is 2.85. The summed E-state index contributed by atoms with van der Waals surface area (Å²) in [4.78, 5) is 5.48. The summed E-state index contributed by atoms with van der Waals surface area (Å²) < 4.78 is 18.3. The predicted molar refractivity (Wildman–Crippen MR) is 77.6 cm³/mol. The standard InChI is InChI=1S/C15H18FNO2S/c1-2-3-13-14(10-18)20-15(17-13)8-9-19-12-6-4-11(16)5-7-12/h4-7,18H,2-3,8-10H2,1H3. The Bertz CT molecular complexity index is 539. The quantitative estimate of drug-likeness (QED) is 0.852. The van der Waals surface area contributed by atoms with Crippen molar-refractivity contribution in [3.05, 3.63) is 45.7 Å². The molecule has 0 saturated carbocycles. The fourth-order valence-corrected chi connectivity index (χ4v) is 2.84. The van der Waals surface area contributed by atoms with Crippen LogP contribution >= 0.6 is 11.3 Å². The molecule has 0 fully saturated rings. The topological polar surface area (TPSA) is 42.4 Å². The molecule has 0 unspecified atom stereocenters. The molecule has 0 aliphatic carbocycles. The van der Waals surface area contributed by atoms with Crippen LogP contribution in [0.1, 0.15) is 28.9 Å². The number of hydrogen-bond donors (Lipinski definition) is 1. The monoisotopic (exact) mass is 295 g/mol. The zero-order valence-corrected chi connectivity index (χ0v) is 12.3. The molecule has 2 aromatic rings. The fourth-order valence-electron chi connectivity index (χ4n) is 1.89. The molecule has 0 saturated heterocycles. The second-order valence-electron chi connectivity index (χ2n) is 4.44. The molecule has 0 aliphatic rings. The van der Waals surface area contributed by atoms with Crippen molar-refractivity contribution in [2.24, 2.45) is 0 Å². The summed E-state index contributed by atoms with van der Waals surface area (Å²) in [5, 5.41) is 10.3. The molecular weight excluding hydrogens is 277 g/mol. The highest BCUT2D eigenvalue weighted by atomic mass is 32.1. The van der Waals surface area contributed by atoms with Crippen LogP contribution in [-0.2, 0) is 19.4 Å². The van der Waals surface area contributed by atoms with E-state index in [1.807, 2.05) is 0 Å². The molecule has 0 radical (unpaired) electrons. The lowest BCUT2D eigenvalue weighted by Gasteiger charge is -2.04. The van der Waals surface area contributed by atoms with Crippen molar-refractivity contribution in [1.82, 2.24) is 4.98 Å². The number of hydrogen-bond acceptors (Lipinski definition) is 4. The number of ether oxygens (including phenoxy) is 1. The molecule has 5 heteroatoms. The molecule has 1 aromatic heterocycles. The van der Waals surface area contributed by atoms with Gasteiger partial charge in [0.1, 0.15) is 11.6 Å². The third-order valence-corrected chi connectivity index (χ3v) is 3.99. The van der Waals surface area contributed by atoms with Crippen molar-refractivity contribution in [3.63, 3.8) is 0 Å². The lowest BCUT2D eigenvalue weighted by molar-refractivity contribution is 0.284. The van der Waals surface area contributed by atoms with Crippen LogP contribution in [0.5, 0.6) is 5.75 Å². The molecule has 1 heterocycles. The van der Waals surface area contributed by atoms with Crippen LogP contribution in [0.15, 0.2) is 24.3 Å². The van der Waals surface area contributed by atoms with Gasteiger partial charge >= 0.3 is 0 Å². The number of nitrogens with zero attached hydrogens (tertiary/aromatic N) is 1. The maximum absolute atomic E-state index is 12.7. The number of thiazole rings is 1. The smallest absolute Gasteiger partial charge is 0.123 e. The van der Waals surface area contributed by atoms with Gasteiger partial charge in [-0.25, -0.2) is 9.37 Å². The average molecular weight is 295 g/mol. The van der Waals surface area contributed by atoms with Crippen LogP contribution in [0.4, 0.5) is 4.39 Å². The van der Waals surface area contributed by atoms with Crippen LogP contribution in [0.3, 0.4) is 0 Å². The van der Waals surface area contributed by atoms with E-state index in [1.165, 1.54) is 23.5 Å². The van der Waals surface area contributed by atoms with Crippen LogP contribution in [0, 0.1) is 5.82 Å². The van der Waals surface area contributed by atoms with Gasteiger partial charge in [-0.3, -0.25) is 0 Å². The number of aliphatic hydroxyl groups is 1. The fraction of sp³-hybridized carbons (Fsp3) is 0.400. The van der Waals surface area contributed by atoms with Gasteiger partial charge in [0.15, 0.2) is 0 Å². The molecular formula is C15H18FNO2S. The molecule has 1 aromatic carbocycles. The van der Waals surface area contributed by atoms with Crippen molar-refractivity contribution < 1.29 is 14.2 Å². The predicted octanol–water partition coefficient (Wildman–Crippen LogP) is 3.35. The van der Waals surface area contributed by atoms with E-state index in [2.05, 4.69) is 11.9 Å². The van der Waals surface area contributed by atoms with Crippen LogP contribution in [0.2, 0.25) is 0 Å². The molecule has 0 spiro atoms. The highest BCUT2D eigenvalue weighted by Gasteiger charge is 2.09. The number of benzene rings is 1. The number of halogens is 1. The molecule has 1 N–H and O–H groups in total. The van der Waals surface area contributed by atoms with Gasteiger partial charge in [-0.05, 0) is 30.7 Å². The SMILES string of the molecule is CCCc1nc(CCOc2ccc(F)cc2)sc1CO. The van der Waals surface area contributed by atoms with E-state index in [0.717, 1.165) is 28.4 Å². The largest absolute Gasteiger partial charge is 0.493 e. The summed E-state index contributed by atoms with van der Waals surface area (Å²) in [6.45, 7) is 2.64. The Hall–Kier alpha value is -1.46. The molecule has 20 heavy (non-hydrogen) atoms. The Morgan fingerprint density at radius 3 is 2.65 bits per heavy atom. The van der Waals surface area contributed by atoms with Crippen molar-refractivity contribution in [3.8, 4) is 5.75 Å². The number of aliphatic hydroxyl groups excluding tert-OH is 1. The molecule has 2 rings (SSSR count). The highest BCUT2D eigenvalue weighted by Crippen LogP contribution is 2.21. The van der Waals surface area contributed by atoms with Crippen molar-refractivity contribution in [2.75, 3.05) is 6.61 Å². The first-order chi connectivity index (χ1) is 9.72. The van der Waals surface area contributed by atoms with Gasteiger partial charge < -0.3 is 9.84 Å². The van der Waals surface area contributed by atoms with Gasteiger partial charge in [-0.2, -0.15) is 0 Å². The van der Waals surface area contributed by atoms with Crippen molar-refractivity contribution in [2.45, 2.75) is 32.8 Å². The van der Waals surface area contributed by atoms with Gasteiger partial charge in [0.25, 0.3) is 0 Å². The summed E-state index contributed by atoms with van der Waals surface area (Å²) in [6.07, 6.45) is 2.60. The van der Waals surface area contributed by atoms with Crippen LogP contribution < -0.4 is 4.74 Å². The summed E-state index contributed by atoms with van der Waals surface area (Å²) in [5.41, 5.74) is 0.997. The first-order valence-corrected chi connectivity index (χ1v) is 7.51. The van der Waals surface area contributed by atoms with Gasteiger partial charge in [-0.15, -0.1) is 11.3 Å². The normalized spacial score (nSPS) is 10.8. The summed E-state index contributed by atoms with van der Waals surface area (Å²) in [7, 11) is 0. The molecule has 0 atom stereocenters. The molecule has 0 aliphatic heterocycles. The minimum absolute atomic E-state index is 0.0474. The van der Waals surface area contributed by atoms with Gasteiger partial charge in [0, 0.05) is 6.42 Å². The minimum atomic E-state index is -0.269. The van der Waals surface area contributed by atoms with Gasteiger partial charge in [0.2, 0.25) is 0 Å². The molecule has 3 nitrogen and oxygen atoms in total. The van der Waals surface area contributed by atoms with Crippen molar-refractivity contribution >= 4 is 11.3 Å². The van der Waals surface area contributed by atoms with Crippen LogP contribution in [0.25, 0.3) is 0 Å². The van der Waals surface area contributed by atoms with E-state index in [-0.39, 0.29) is 12.4 Å². The summed E-state index contributed by atoms with van der Waals surface area (Å²) in [5.74, 6) is 0.383. The van der Waals surface area contributed by atoms with E-state index >= 15 is 0 Å². The van der Waals surface area contributed by atoms with E-state index in [4.69, 9.17) is 4.74 Å². The summed E-state index contributed by atoms with van der Waals surface area (Å²) >= 11 is 1.54. The average Bonchev–Trinajstić information content (AvgIpc) is 2.84. The summed E-state index contributed by atoms with van der Waals surface area (Å²) in [6, 6.07) is 5.97. The first-order valence-electron chi connectivity index (χ1n) is 6.69. The third kappa shape index (κ3) is 4.02. The zero-order chi connectivity index (χ0) is 14.4. The Morgan fingerprint density at radius 1 is 1.25 bits per heavy atom. The van der Waals surface area contributed by atoms with E-state index in [9.17, 15) is 9.50 Å². The van der Waals surface area contributed by atoms with E-state index < -0.39 is 0 Å². The Balaban J connectivity index is 1.89. The Labute approximate surface area is 122 Å². The van der Waals surface area contributed by atoms with E-state index in [0.29, 0.717) is 18.8 Å². The second kappa shape index (κ2) is 7.36. The minimum Gasteiger partial charge on any atom is -0.493 e. The molecule has 0 amide bonds. The van der Waals surface area contributed by atoms with Crippen LogP contribution in [-0.4, -0.2) is 16.7 Å². The lowest BCUT2D eigenvalue weighted by Crippen LogP contribution is -2.01. The zero-order valence-electron chi connectivity index (χ0n) is 11.4. The molecule has 108 valence electrons. The van der Waals surface area contributed by atoms with Gasteiger partial charge in [-0.1, -0.05) is 13.3 Å². The number of rotatable bonds is 7. The Morgan fingerprint density at radius 2 is 2.00 bits per heavy atom. The lowest BCUT2D eigenvalue weighted by atomic mass is 10.2.